The Morgan fingerprint density at radius 3 is 2.75 bits per heavy atom. The summed E-state index contributed by atoms with van der Waals surface area (Å²) in [5.74, 6) is 1.60. The second-order valence-electron chi connectivity index (χ2n) is 4.55. The Morgan fingerprint density at radius 1 is 1.25 bits per heavy atom. The molecule has 1 aliphatic heterocycles. The van der Waals surface area contributed by atoms with Gasteiger partial charge in [-0.1, -0.05) is 12.2 Å². The van der Waals surface area contributed by atoms with Crippen LogP contribution in [0, 0.1) is 11.8 Å². The third-order valence-corrected chi connectivity index (χ3v) is 3.88. The molecule has 0 radical (unpaired) electrons. The van der Waals surface area contributed by atoms with Crippen molar-refractivity contribution in [3.63, 3.8) is 0 Å². The smallest absolute Gasteiger partial charge is 0.0751 e. The van der Waals surface area contributed by atoms with E-state index >= 15 is 0 Å². The van der Waals surface area contributed by atoms with Crippen molar-refractivity contribution in [2.75, 3.05) is 6.61 Å². The SMILES string of the molecule is C1=C[C@H]2CC[C@@H]1C[C@]21CCCO1. The van der Waals surface area contributed by atoms with Crippen LogP contribution >= 0.6 is 0 Å². The maximum Gasteiger partial charge on any atom is 0.0751 e. The van der Waals surface area contributed by atoms with E-state index in [4.69, 9.17) is 4.74 Å². The molecule has 3 aliphatic carbocycles. The molecule has 0 aromatic heterocycles. The lowest BCUT2D eigenvalue weighted by Gasteiger charge is -2.45. The number of rotatable bonds is 0. The molecule has 0 aromatic rings. The van der Waals surface area contributed by atoms with Gasteiger partial charge in [-0.15, -0.1) is 0 Å². The molecule has 1 heterocycles. The Kier molecular flexibility index (Phi) is 1.40. The number of hydrogen-bond acceptors (Lipinski definition) is 1. The van der Waals surface area contributed by atoms with Crippen LogP contribution in [0.3, 0.4) is 0 Å². The van der Waals surface area contributed by atoms with Gasteiger partial charge in [0.15, 0.2) is 0 Å². The molecule has 3 atom stereocenters. The molecule has 1 nitrogen and oxygen atoms in total. The standard InChI is InChI=1S/C11H16O/c1-6-11(12-7-1)8-9-2-4-10(11)5-3-9/h2,4,9-10H,1,3,5-8H2/t9-,10+,11-/m1/s1. The Bertz CT molecular complexity index is 213. The molecule has 0 amide bonds. The van der Waals surface area contributed by atoms with Gasteiger partial charge < -0.3 is 4.74 Å². The highest BCUT2D eigenvalue weighted by Gasteiger charge is 2.47. The van der Waals surface area contributed by atoms with Crippen molar-refractivity contribution in [3.05, 3.63) is 12.2 Å². The number of fused-ring (bicyclic) bond motifs is 1. The fourth-order valence-electron chi connectivity index (χ4n) is 3.25. The van der Waals surface area contributed by atoms with Crippen molar-refractivity contribution >= 4 is 0 Å². The topological polar surface area (TPSA) is 9.23 Å². The first-order valence-electron chi connectivity index (χ1n) is 5.21. The average Bonchev–Trinajstić information content (AvgIpc) is 2.55. The minimum absolute atomic E-state index is 0.303. The summed E-state index contributed by atoms with van der Waals surface area (Å²) < 4.78 is 5.96. The third kappa shape index (κ3) is 0.832. The first kappa shape index (κ1) is 7.14. The Balaban J connectivity index is 1.93. The second-order valence-corrected chi connectivity index (χ2v) is 4.55. The van der Waals surface area contributed by atoms with Crippen molar-refractivity contribution in [1.82, 2.24) is 0 Å². The van der Waals surface area contributed by atoms with Crippen LogP contribution < -0.4 is 0 Å². The molecule has 1 spiro atoms. The minimum Gasteiger partial charge on any atom is -0.374 e. The van der Waals surface area contributed by atoms with E-state index in [0.29, 0.717) is 5.60 Å². The summed E-state index contributed by atoms with van der Waals surface area (Å²) in [7, 11) is 0. The largest absolute Gasteiger partial charge is 0.374 e. The molecule has 0 aromatic carbocycles. The fraction of sp³-hybridized carbons (Fsp3) is 0.818. The molecule has 0 N–H and O–H groups in total. The summed E-state index contributed by atoms with van der Waals surface area (Å²) >= 11 is 0. The molecule has 0 unspecified atom stereocenters. The lowest BCUT2D eigenvalue weighted by atomic mass is 9.65. The van der Waals surface area contributed by atoms with Crippen molar-refractivity contribution in [1.29, 1.82) is 0 Å². The number of allylic oxidation sites excluding steroid dienone is 1. The van der Waals surface area contributed by atoms with E-state index < -0.39 is 0 Å². The van der Waals surface area contributed by atoms with E-state index in [9.17, 15) is 0 Å². The Labute approximate surface area is 73.8 Å². The average molecular weight is 164 g/mol. The second kappa shape index (κ2) is 2.35. The van der Waals surface area contributed by atoms with E-state index in [2.05, 4.69) is 12.2 Å². The van der Waals surface area contributed by atoms with Gasteiger partial charge in [0.05, 0.1) is 5.60 Å². The summed E-state index contributed by atoms with van der Waals surface area (Å²) in [4.78, 5) is 0. The zero-order valence-corrected chi connectivity index (χ0v) is 7.46. The number of hydrogen-bond donors (Lipinski definition) is 0. The van der Waals surface area contributed by atoms with E-state index in [1.54, 1.807) is 0 Å². The van der Waals surface area contributed by atoms with Crippen LogP contribution in [-0.2, 0) is 4.74 Å². The minimum atomic E-state index is 0.303. The van der Waals surface area contributed by atoms with E-state index in [-0.39, 0.29) is 0 Å². The zero-order valence-electron chi connectivity index (χ0n) is 7.46. The molecule has 4 aliphatic rings. The first-order chi connectivity index (χ1) is 5.89. The summed E-state index contributed by atoms with van der Waals surface area (Å²) in [5, 5.41) is 0. The van der Waals surface area contributed by atoms with Crippen LogP contribution in [0.5, 0.6) is 0 Å². The van der Waals surface area contributed by atoms with Gasteiger partial charge >= 0.3 is 0 Å². The van der Waals surface area contributed by atoms with E-state index in [1.165, 1.54) is 32.1 Å². The molecule has 1 saturated carbocycles. The predicted molar refractivity (Wildman–Crippen MR) is 47.9 cm³/mol. The normalized spacial score (nSPS) is 50.7. The van der Waals surface area contributed by atoms with Crippen molar-refractivity contribution in [2.45, 2.75) is 37.7 Å². The molecule has 1 saturated heterocycles. The van der Waals surface area contributed by atoms with Gasteiger partial charge in [0.25, 0.3) is 0 Å². The molecular weight excluding hydrogens is 148 g/mol. The lowest BCUT2D eigenvalue weighted by molar-refractivity contribution is -0.0691. The van der Waals surface area contributed by atoms with E-state index in [0.717, 1.165) is 18.4 Å². The molecule has 4 rings (SSSR count). The van der Waals surface area contributed by atoms with Gasteiger partial charge in [-0.25, -0.2) is 0 Å². The quantitative estimate of drug-likeness (QED) is 0.500. The summed E-state index contributed by atoms with van der Waals surface area (Å²) in [6.07, 6.45) is 11.5. The third-order valence-electron chi connectivity index (χ3n) is 3.88. The zero-order chi connectivity index (χ0) is 8.02. The molecule has 2 bridgehead atoms. The first-order valence-corrected chi connectivity index (χ1v) is 5.21. The summed E-state index contributed by atoms with van der Waals surface area (Å²) in [6, 6.07) is 0. The monoisotopic (exact) mass is 164 g/mol. The van der Waals surface area contributed by atoms with Crippen LogP contribution in [0.2, 0.25) is 0 Å². The van der Waals surface area contributed by atoms with Crippen molar-refractivity contribution in [3.8, 4) is 0 Å². The summed E-state index contributed by atoms with van der Waals surface area (Å²) in [5.41, 5.74) is 0.303. The molecule has 12 heavy (non-hydrogen) atoms. The van der Waals surface area contributed by atoms with Gasteiger partial charge in [-0.2, -0.15) is 0 Å². The van der Waals surface area contributed by atoms with Gasteiger partial charge in [-0.3, -0.25) is 0 Å². The van der Waals surface area contributed by atoms with Gasteiger partial charge in [0.1, 0.15) is 0 Å². The van der Waals surface area contributed by atoms with Gasteiger partial charge in [0, 0.05) is 12.5 Å². The van der Waals surface area contributed by atoms with E-state index in [1.807, 2.05) is 0 Å². The summed E-state index contributed by atoms with van der Waals surface area (Å²) in [6.45, 7) is 1.01. The molecule has 1 heteroatoms. The number of ether oxygens (including phenoxy) is 1. The van der Waals surface area contributed by atoms with Crippen LogP contribution in [0.15, 0.2) is 12.2 Å². The molecule has 2 fully saturated rings. The highest BCUT2D eigenvalue weighted by Crippen LogP contribution is 2.49. The maximum atomic E-state index is 5.96. The maximum absolute atomic E-state index is 5.96. The van der Waals surface area contributed by atoms with Crippen LogP contribution in [0.4, 0.5) is 0 Å². The highest BCUT2D eigenvalue weighted by molar-refractivity contribution is 5.14. The van der Waals surface area contributed by atoms with Crippen LogP contribution in [0.25, 0.3) is 0 Å². The molecular formula is C11H16O. The van der Waals surface area contributed by atoms with Gasteiger partial charge in [-0.05, 0) is 38.0 Å². The molecule has 66 valence electrons. The van der Waals surface area contributed by atoms with Gasteiger partial charge in [0.2, 0.25) is 0 Å². The predicted octanol–water partition coefficient (Wildman–Crippen LogP) is 2.52. The Morgan fingerprint density at radius 2 is 2.25 bits per heavy atom. The van der Waals surface area contributed by atoms with Crippen LogP contribution in [-0.4, -0.2) is 12.2 Å². The highest BCUT2D eigenvalue weighted by atomic mass is 16.5. The van der Waals surface area contributed by atoms with Crippen LogP contribution in [0.1, 0.15) is 32.1 Å². The fourth-order valence-corrected chi connectivity index (χ4v) is 3.25. The lowest BCUT2D eigenvalue weighted by Crippen LogP contribution is -2.44. The Hall–Kier alpha value is -0.300. The van der Waals surface area contributed by atoms with Crippen molar-refractivity contribution < 1.29 is 4.74 Å². The van der Waals surface area contributed by atoms with Crippen molar-refractivity contribution in [2.24, 2.45) is 11.8 Å².